The summed E-state index contributed by atoms with van der Waals surface area (Å²) in [6.45, 7) is 14.6. The van der Waals surface area contributed by atoms with Crippen molar-refractivity contribution < 1.29 is 19.4 Å². The fourth-order valence-corrected chi connectivity index (χ4v) is 5.48. The molecule has 1 heterocycles. The molecule has 1 atom stereocenters. The average molecular weight is 570 g/mol. The first-order valence-electron chi connectivity index (χ1n) is 14.6. The number of anilines is 3. The molecule has 1 N–H and O–H groups in total. The number of carbonyl (C=O) groups is 2. The number of amides is 1. The molecule has 7 nitrogen and oxygen atoms in total. The van der Waals surface area contributed by atoms with Crippen LogP contribution in [0.2, 0.25) is 0 Å². The molecule has 0 aromatic heterocycles. The van der Waals surface area contributed by atoms with Gasteiger partial charge in [-0.25, -0.2) is 0 Å². The Kier molecular flexibility index (Phi) is 9.00. The largest absolute Gasteiger partial charge is 0.507 e. The molecule has 42 heavy (non-hydrogen) atoms. The van der Waals surface area contributed by atoms with Crippen molar-refractivity contribution in [1.82, 2.24) is 0 Å². The van der Waals surface area contributed by atoms with E-state index in [-0.39, 0.29) is 16.7 Å². The lowest BCUT2D eigenvalue weighted by molar-refractivity contribution is -0.132. The van der Waals surface area contributed by atoms with Gasteiger partial charge in [-0.3, -0.25) is 14.5 Å². The zero-order chi connectivity index (χ0) is 30.8. The summed E-state index contributed by atoms with van der Waals surface area (Å²) >= 11 is 0. The van der Waals surface area contributed by atoms with Gasteiger partial charge in [-0.1, -0.05) is 32.9 Å². The van der Waals surface area contributed by atoms with Gasteiger partial charge in [0.1, 0.15) is 11.5 Å². The first-order chi connectivity index (χ1) is 19.9. The fraction of sp³-hybridized carbons (Fsp3) is 0.371. The maximum Gasteiger partial charge on any atom is 0.300 e. The number of carbonyl (C=O) groups excluding carboxylic acids is 2. The van der Waals surface area contributed by atoms with Crippen molar-refractivity contribution in [2.75, 3.05) is 48.5 Å². The summed E-state index contributed by atoms with van der Waals surface area (Å²) in [5.41, 5.74) is 4.51. The predicted octanol–water partition coefficient (Wildman–Crippen LogP) is 6.92. The Hall–Kier alpha value is -4.26. The molecule has 0 spiro atoms. The Bertz CT molecular complexity index is 1460. The molecule has 3 aromatic rings. The standard InChI is InChI=1S/C35H43N3O4/c1-9-37(10-2)26-15-12-23(13-16-26)31-30(32(39)24-14-21-29(42-11-3)28(22-24)35(4,5)6)33(40)34(41)38(31)27-19-17-25(18-20-27)36(7)8/h12-22,31,39H,9-11H2,1-8H3/b32-30-. The van der Waals surface area contributed by atoms with Crippen molar-refractivity contribution in [1.29, 1.82) is 0 Å². The van der Waals surface area contributed by atoms with E-state index >= 15 is 0 Å². The van der Waals surface area contributed by atoms with Gasteiger partial charge in [-0.15, -0.1) is 0 Å². The second kappa shape index (κ2) is 12.3. The van der Waals surface area contributed by atoms with Crippen LogP contribution < -0.4 is 19.4 Å². The number of nitrogens with zero attached hydrogens (tertiary/aromatic N) is 3. The predicted molar refractivity (Wildman–Crippen MR) is 172 cm³/mol. The molecule has 0 bridgehead atoms. The molecule has 0 aliphatic carbocycles. The molecular weight excluding hydrogens is 526 g/mol. The van der Waals surface area contributed by atoms with Crippen LogP contribution in [0.15, 0.2) is 72.3 Å². The van der Waals surface area contributed by atoms with Crippen LogP contribution in [-0.4, -0.2) is 50.6 Å². The third-order valence-corrected chi connectivity index (χ3v) is 7.79. The molecule has 1 saturated heterocycles. The first kappa shape index (κ1) is 30.7. The Morgan fingerprint density at radius 3 is 2.00 bits per heavy atom. The summed E-state index contributed by atoms with van der Waals surface area (Å²) < 4.78 is 5.87. The highest BCUT2D eigenvalue weighted by Gasteiger charge is 2.47. The van der Waals surface area contributed by atoms with Gasteiger partial charge in [0.15, 0.2) is 0 Å². The molecule has 4 rings (SSSR count). The summed E-state index contributed by atoms with van der Waals surface area (Å²) in [5.74, 6) is -0.860. The monoisotopic (exact) mass is 569 g/mol. The number of hydrogen-bond donors (Lipinski definition) is 1. The van der Waals surface area contributed by atoms with Crippen molar-refractivity contribution in [2.45, 2.75) is 53.0 Å². The highest BCUT2D eigenvalue weighted by Crippen LogP contribution is 2.44. The number of ether oxygens (including phenoxy) is 1. The molecule has 1 amide bonds. The van der Waals surface area contributed by atoms with E-state index in [0.29, 0.717) is 17.9 Å². The summed E-state index contributed by atoms with van der Waals surface area (Å²) in [5, 5.41) is 11.8. The van der Waals surface area contributed by atoms with Gasteiger partial charge < -0.3 is 19.6 Å². The van der Waals surface area contributed by atoms with Crippen LogP contribution in [0.1, 0.15) is 64.3 Å². The highest BCUT2D eigenvalue weighted by molar-refractivity contribution is 6.51. The molecule has 222 valence electrons. The van der Waals surface area contributed by atoms with Crippen LogP contribution in [0.25, 0.3) is 5.76 Å². The number of aliphatic hydroxyl groups excluding tert-OH is 1. The van der Waals surface area contributed by atoms with Gasteiger partial charge >= 0.3 is 0 Å². The number of hydrogen-bond acceptors (Lipinski definition) is 6. The lowest BCUT2D eigenvalue weighted by atomic mass is 9.84. The zero-order valence-electron chi connectivity index (χ0n) is 26.1. The molecule has 1 unspecified atom stereocenters. The molecule has 1 fully saturated rings. The van der Waals surface area contributed by atoms with E-state index in [0.717, 1.165) is 41.3 Å². The van der Waals surface area contributed by atoms with E-state index in [9.17, 15) is 14.7 Å². The average Bonchev–Trinajstić information content (AvgIpc) is 3.23. The third kappa shape index (κ3) is 5.87. The Labute approximate surface area is 250 Å². The smallest absolute Gasteiger partial charge is 0.300 e. The molecule has 1 aliphatic rings. The fourth-order valence-electron chi connectivity index (χ4n) is 5.48. The minimum absolute atomic E-state index is 0.0660. The molecule has 3 aromatic carbocycles. The molecule has 0 radical (unpaired) electrons. The second-order valence-electron chi connectivity index (χ2n) is 11.7. The van der Waals surface area contributed by atoms with E-state index in [2.05, 4.69) is 39.5 Å². The minimum Gasteiger partial charge on any atom is -0.507 e. The van der Waals surface area contributed by atoms with Crippen LogP contribution >= 0.6 is 0 Å². The van der Waals surface area contributed by atoms with Crippen molar-refractivity contribution >= 4 is 34.5 Å². The number of aliphatic hydroxyl groups is 1. The van der Waals surface area contributed by atoms with Crippen molar-refractivity contribution in [3.63, 3.8) is 0 Å². The quantitative estimate of drug-likeness (QED) is 0.171. The van der Waals surface area contributed by atoms with Gasteiger partial charge in [-0.05, 0) is 86.3 Å². The van der Waals surface area contributed by atoms with Crippen LogP contribution in [-0.2, 0) is 15.0 Å². The Balaban J connectivity index is 1.92. The summed E-state index contributed by atoms with van der Waals surface area (Å²) in [4.78, 5) is 33.1. The van der Waals surface area contributed by atoms with Crippen LogP contribution in [0.3, 0.4) is 0 Å². The van der Waals surface area contributed by atoms with Crippen LogP contribution in [0.4, 0.5) is 17.1 Å². The lowest BCUT2D eigenvalue weighted by Gasteiger charge is -2.27. The number of Topliss-reactive ketones (excluding diaryl/α,β-unsaturated/α-hetero) is 1. The highest BCUT2D eigenvalue weighted by atomic mass is 16.5. The molecular formula is C35H43N3O4. The Morgan fingerprint density at radius 1 is 0.881 bits per heavy atom. The van der Waals surface area contributed by atoms with Crippen molar-refractivity contribution in [3.8, 4) is 5.75 Å². The maximum absolute atomic E-state index is 13.7. The van der Waals surface area contributed by atoms with Gasteiger partial charge in [0.05, 0.1) is 18.2 Å². The van der Waals surface area contributed by atoms with E-state index in [1.54, 1.807) is 6.07 Å². The van der Waals surface area contributed by atoms with Crippen molar-refractivity contribution in [2.24, 2.45) is 0 Å². The zero-order valence-corrected chi connectivity index (χ0v) is 26.1. The van der Waals surface area contributed by atoms with Crippen LogP contribution in [0, 0.1) is 0 Å². The SMILES string of the molecule is CCOc1ccc(/C(O)=C2/C(=O)C(=O)N(c3ccc(N(C)C)cc3)C2c2ccc(N(CC)CC)cc2)cc1C(C)(C)C. The van der Waals surface area contributed by atoms with Crippen LogP contribution in [0.5, 0.6) is 5.75 Å². The minimum atomic E-state index is -0.800. The molecule has 0 saturated carbocycles. The van der Waals surface area contributed by atoms with Gasteiger partial charge in [0, 0.05) is 55.4 Å². The molecule has 7 heteroatoms. The maximum atomic E-state index is 13.7. The number of rotatable bonds is 9. The van der Waals surface area contributed by atoms with E-state index < -0.39 is 17.7 Å². The second-order valence-corrected chi connectivity index (χ2v) is 11.7. The van der Waals surface area contributed by atoms with E-state index in [4.69, 9.17) is 4.74 Å². The summed E-state index contributed by atoms with van der Waals surface area (Å²) in [6.07, 6.45) is 0. The summed E-state index contributed by atoms with van der Waals surface area (Å²) in [6, 6.07) is 20.0. The van der Waals surface area contributed by atoms with Gasteiger partial charge in [0.25, 0.3) is 11.7 Å². The van der Waals surface area contributed by atoms with Gasteiger partial charge in [0.2, 0.25) is 0 Å². The molecule has 1 aliphatic heterocycles. The Morgan fingerprint density at radius 2 is 1.48 bits per heavy atom. The summed E-state index contributed by atoms with van der Waals surface area (Å²) in [7, 11) is 3.89. The van der Waals surface area contributed by atoms with E-state index in [1.165, 1.54) is 4.90 Å². The number of ketones is 1. The third-order valence-electron chi connectivity index (χ3n) is 7.79. The normalized spacial score (nSPS) is 16.6. The van der Waals surface area contributed by atoms with Gasteiger partial charge in [-0.2, -0.15) is 0 Å². The first-order valence-corrected chi connectivity index (χ1v) is 14.6. The topological polar surface area (TPSA) is 73.3 Å². The number of benzene rings is 3. The lowest BCUT2D eigenvalue weighted by Crippen LogP contribution is -2.29. The van der Waals surface area contributed by atoms with E-state index in [1.807, 2.05) is 86.6 Å². The van der Waals surface area contributed by atoms with Crippen molar-refractivity contribution in [3.05, 3.63) is 89.0 Å².